The maximum atomic E-state index is 14.3. The number of aliphatic hydroxyl groups is 1. The predicted molar refractivity (Wildman–Crippen MR) is 142 cm³/mol. The van der Waals surface area contributed by atoms with E-state index in [0.717, 1.165) is 0 Å². The summed E-state index contributed by atoms with van der Waals surface area (Å²) in [5, 5.41) is 16.4. The molecular weight excluding hydrogens is 538 g/mol. The first-order valence-electron chi connectivity index (χ1n) is 12.6. The molecule has 5 rings (SSSR count). The molecule has 2 aromatic rings. The highest BCUT2D eigenvalue weighted by atomic mass is 79.9. The Hall–Kier alpha value is -2.75. The third kappa shape index (κ3) is 4.36. The van der Waals surface area contributed by atoms with Crippen molar-refractivity contribution in [3.63, 3.8) is 0 Å². The Morgan fingerprint density at radius 1 is 1.11 bits per heavy atom. The van der Waals surface area contributed by atoms with E-state index in [-0.39, 0.29) is 29.2 Å². The Morgan fingerprint density at radius 3 is 2.32 bits per heavy atom. The van der Waals surface area contributed by atoms with Crippen molar-refractivity contribution in [1.29, 1.82) is 0 Å². The number of ether oxygens (including phenoxy) is 1. The number of para-hydroxylation sites is 1. The molecule has 1 spiro atoms. The number of amides is 3. The number of rotatable bonds is 6. The van der Waals surface area contributed by atoms with Crippen LogP contribution in [0.1, 0.15) is 38.8 Å². The number of nitrogens with zero attached hydrogens (tertiary/aromatic N) is 1. The van der Waals surface area contributed by atoms with E-state index in [4.69, 9.17) is 4.74 Å². The summed E-state index contributed by atoms with van der Waals surface area (Å²) in [7, 11) is 0. The highest BCUT2D eigenvalue weighted by molar-refractivity contribution is 9.09. The molecule has 3 aliphatic heterocycles. The number of nitrogens with one attached hydrogen (secondary N) is 2. The number of hydrogen-bond donors (Lipinski definition) is 3. The van der Waals surface area contributed by atoms with E-state index in [0.29, 0.717) is 17.7 Å². The number of hydrogen-bond acceptors (Lipinski definition) is 5. The first-order chi connectivity index (χ1) is 17.6. The molecule has 37 heavy (non-hydrogen) atoms. The third-order valence-electron chi connectivity index (χ3n) is 7.51. The van der Waals surface area contributed by atoms with Crippen molar-refractivity contribution in [3.8, 4) is 0 Å². The lowest BCUT2D eigenvalue weighted by Gasteiger charge is -2.38. The van der Waals surface area contributed by atoms with Crippen molar-refractivity contribution in [2.24, 2.45) is 11.8 Å². The van der Waals surface area contributed by atoms with Gasteiger partial charge in [-0.15, -0.1) is 0 Å². The van der Waals surface area contributed by atoms with Crippen LogP contribution in [0, 0.1) is 11.8 Å². The number of halogens is 1. The molecule has 3 aliphatic rings. The fourth-order valence-corrected chi connectivity index (χ4v) is 7.16. The first-order valence-corrected chi connectivity index (χ1v) is 13.5. The van der Waals surface area contributed by atoms with Gasteiger partial charge in [0, 0.05) is 16.1 Å². The SMILES string of the molecule is CC(C)(C)NC(=O)C1N([C@H](CO)c2ccccc2)C(=O)[C@@H]2[C@H](C(=O)Nc3ccccc3)[C@H]3OC12CC3Br. The molecule has 3 unspecified atom stereocenters. The Kier molecular flexibility index (Phi) is 6.66. The topological polar surface area (TPSA) is 108 Å². The maximum Gasteiger partial charge on any atom is 0.246 e. The number of anilines is 1. The van der Waals surface area contributed by atoms with Crippen LogP contribution in [0.5, 0.6) is 0 Å². The highest BCUT2D eigenvalue weighted by Crippen LogP contribution is 2.61. The fraction of sp³-hybridized carbons (Fsp3) is 0.464. The maximum absolute atomic E-state index is 14.3. The molecule has 0 aromatic heterocycles. The summed E-state index contributed by atoms with van der Waals surface area (Å²) in [5.41, 5.74) is -0.432. The quantitative estimate of drug-likeness (QED) is 0.463. The summed E-state index contributed by atoms with van der Waals surface area (Å²) in [5.74, 6) is -2.69. The van der Waals surface area contributed by atoms with Gasteiger partial charge in [0.2, 0.25) is 17.7 Å². The van der Waals surface area contributed by atoms with Gasteiger partial charge in [-0.05, 0) is 44.9 Å². The molecule has 0 saturated carbocycles. The van der Waals surface area contributed by atoms with Crippen molar-refractivity contribution in [2.45, 2.75) is 61.3 Å². The molecule has 2 bridgehead atoms. The molecule has 0 radical (unpaired) electrons. The molecule has 196 valence electrons. The molecule has 3 heterocycles. The summed E-state index contributed by atoms with van der Waals surface area (Å²) < 4.78 is 6.53. The number of carbonyl (C=O) groups excluding carboxylic acids is 3. The van der Waals surface area contributed by atoms with Crippen LogP contribution in [0.15, 0.2) is 60.7 Å². The number of likely N-dealkylation sites (tertiary alicyclic amines) is 1. The van der Waals surface area contributed by atoms with Crippen molar-refractivity contribution >= 4 is 39.3 Å². The van der Waals surface area contributed by atoms with Gasteiger partial charge in [-0.1, -0.05) is 64.5 Å². The first kappa shape index (κ1) is 25.9. The van der Waals surface area contributed by atoms with Crippen LogP contribution in [0.25, 0.3) is 0 Å². The van der Waals surface area contributed by atoms with Crippen LogP contribution in [0.4, 0.5) is 5.69 Å². The van der Waals surface area contributed by atoms with Crippen LogP contribution in [-0.2, 0) is 19.1 Å². The molecule has 3 saturated heterocycles. The largest absolute Gasteiger partial charge is 0.394 e. The zero-order valence-electron chi connectivity index (χ0n) is 21.1. The second-order valence-electron chi connectivity index (χ2n) is 11.1. The van der Waals surface area contributed by atoms with E-state index in [9.17, 15) is 19.5 Å². The van der Waals surface area contributed by atoms with Crippen molar-refractivity contribution in [1.82, 2.24) is 10.2 Å². The highest BCUT2D eigenvalue weighted by Gasteiger charge is 2.77. The molecule has 3 fully saturated rings. The lowest BCUT2D eigenvalue weighted by Crippen LogP contribution is -2.59. The Bertz CT molecular complexity index is 1190. The van der Waals surface area contributed by atoms with Gasteiger partial charge in [0.25, 0.3) is 0 Å². The van der Waals surface area contributed by atoms with Gasteiger partial charge < -0.3 is 25.4 Å². The van der Waals surface area contributed by atoms with Crippen molar-refractivity contribution < 1.29 is 24.2 Å². The average molecular weight is 570 g/mol. The van der Waals surface area contributed by atoms with E-state index in [1.165, 1.54) is 4.90 Å². The van der Waals surface area contributed by atoms with E-state index < -0.39 is 41.2 Å². The van der Waals surface area contributed by atoms with Gasteiger partial charge in [-0.25, -0.2) is 0 Å². The summed E-state index contributed by atoms with van der Waals surface area (Å²) in [6.45, 7) is 5.24. The second-order valence-corrected chi connectivity index (χ2v) is 12.3. The lowest BCUT2D eigenvalue weighted by atomic mass is 9.70. The van der Waals surface area contributed by atoms with Crippen LogP contribution in [0.2, 0.25) is 0 Å². The number of aliphatic hydroxyl groups excluding tert-OH is 1. The van der Waals surface area contributed by atoms with Crippen LogP contribution < -0.4 is 10.6 Å². The zero-order valence-corrected chi connectivity index (χ0v) is 22.6. The number of benzene rings is 2. The van der Waals surface area contributed by atoms with Crippen molar-refractivity contribution in [3.05, 3.63) is 66.2 Å². The standard InChI is InChI=1S/C28H32BrN3O5/c1-27(2,3)31-25(35)23-28-14-18(29)22(37-28)20(24(34)30-17-12-8-5-9-13-17)21(28)26(36)32(23)19(15-33)16-10-6-4-7-11-16/h4-13,18-23,33H,14-15H2,1-3H3,(H,30,34)(H,31,35)/t18?,19-,20+,21+,22+,23?,28?/m1/s1. The van der Waals surface area contributed by atoms with Gasteiger partial charge in [0.15, 0.2) is 0 Å². The van der Waals surface area contributed by atoms with Crippen molar-refractivity contribution in [2.75, 3.05) is 11.9 Å². The molecule has 8 nitrogen and oxygen atoms in total. The van der Waals surface area contributed by atoms with Crippen LogP contribution in [-0.4, -0.2) is 62.4 Å². The van der Waals surface area contributed by atoms with E-state index in [1.54, 1.807) is 12.1 Å². The van der Waals surface area contributed by atoms with E-state index in [2.05, 4.69) is 26.6 Å². The third-order valence-corrected chi connectivity index (χ3v) is 8.36. The minimum atomic E-state index is -1.20. The number of alkyl halides is 1. The van der Waals surface area contributed by atoms with E-state index in [1.807, 2.05) is 69.3 Å². The number of fused-ring (bicyclic) bond motifs is 1. The van der Waals surface area contributed by atoms with Gasteiger partial charge in [0.1, 0.15) is 11.6 Å². The summed E-state index contributed by atoms with van der Waals surface area (Å²) in [4.78, 5) is 43.0. The van der Waals surface area contributed by atoms with Gasteiger partial charge in [0.05, 0.1) is 30.6 Å². The van der Waals surface area contributed by atoms with Gasteiger partial charge in [-0.2, -0.15) is 0 Å². The fourth-order valence-electron chi connectivity index (χ4n) is 6.22. The smallest absolute Gasteiger partial charge is 0.246 e. The predicted octanol–water partition coefficient (Wildman–Crippen LogP) is 3.02. The summed E-state index contributed by atoms with van der Waals surface area (Å²) in [6.07, 6.45) is -0.163. The lowest BCUT2D eigenvalue weighted by molar-refractivity contribution is -0.146. The normalized spacial score (nSPS) is 31.2. The van der Waals surface area contributed by atoms with Gasteiger partial charge >= 0.3 is 0 Å². The summed E-state index contributed by atoms with van der Waals surface area (Å²) >= 11 is 3.68. The van der Waals surface area contributed by atoms with Gasteiger partial charge in [-0.3, -0.25) is 14.4 Å². The molecule has 3 N–H and O–H groups in total. The molecule has 2 aromatic carbocycles. The van der Waals surface area contributed by atoms with Crippen LogP contribution in [0.3, 0.4) is 0 Å². The molecule has 9 heteroatoms. The van der Waals surface area contributed by atoms with E-state index >= 15 is 0 Å². The monoisotopic (exact) mass is 569 g/mol. The summed E-state index contributed by atoms with van der Waals surface area (Å²) in [6, 6.07) is 16.4. The zero-order chi connectivity index (χ0) is 26.5. The minimum Gasteiger partial charge on any atom is -0.394 e. The minimum absolute atomic E-state index is 0.211. The Morgan fingerprint density at radius 2 is 1.73 bits per heavy atom. The number of carbonyl (C=O) groups is 3. The second kappa shape index (κ2) is 9.53. The van der Waals surface area contributed by atoms with Crippen LogP contribution >= 0.6 is 15.9 Å². The average Bonchev–Trinajstić information content (AvgIpc) is 3.44. The molecular formula is C28H32BrN3O5. The Balaban J connectivity index is 1.58. The molecule has 0 aliphatic carbocycles. The molecule has 3 amide bonds. The molecule has 7 atom stereocenters. The Labute approximate surface area is 224 Å².